The van der Waals surface area contributed by atoms with Gasteiger partial charge in [0, 0.05) is 5.56 Å². The predicted molar refractivity (Wildman–Crippen MR) is 87.9 cm³/mol. The van der Waals surface area contributed by atoms with E-state index in [1.165, 1.54) is 0 Å². The number of esters is 1. The molecular weight excluding hydrogens is 295 g/mol. The van der Waals surface area contributed by atoms with E-state index in [0.717, 1.165) is 23.6 Å². The highest BCUT2D eigenvalue weighted by atomic mass is 19.1. The Morgan fingerprint density at radius 2 is 1.52 bits per heavy atom. The van der Waals surface area contributed by atoms with Crippen LogP contribution in [-0.2, 0) is 14.3 Å². The predicted octanol–water partition coefficient (Wildman–Crippen LogP) is 3.60. The van der Waals surface area contributed by atoms with Crippen molar-refractivity contribution in [3.05, 3.63) is 34.4 Å². The number of halogens is 1. The van der Waals surface area contributed by atoms with Crippen molar-refractivity contribution < 1.29 is 18.7 Å². The molecule has 1 aromatic rings. The molecule has 0 aromatic heterocycles. The minimum absolute atomic E-state index is 0.670. The summed E-state index contributed by atoms with van der Waals surface area (Å²) >= 11 is 0. The Morgan fingerprint density at radius 1 is 1.04 bits per heavy atom. The molecule has 1 aromatic carbocycles. The number of benzene rings is 1. The van der Waals surface area contributed by atoms with Gasteiger partial charge < -0.3 is 4.74 Å². The van der Waals surface area contributed by atoms with Crippen molar-refractivity contribution in [2.24, 2.45) is 0 Å². The van der Waals surface area contributed by atoms with Crippen LogP contribution >= 0.6 is 0 Å². The topological polar surface area (TPSA) is 43.4 Å². The molecular formula is C19H23FO3. The van der Waals surface area contributed by atoms with Crippen LogP contribution in [0.5, 0.6) is 0 Å². The van der Waals surface area contributed by atoms with Crippen LogP contribution in [0.25, 0.3) is 0 Å². The van der Waals surface area contributed by atoms with Crippen molar-refractivity contribution in [1.29, 1.82) is 0 Å². The third-order valence-corrected chi connectivity index (χ3v) is 3.19. The Kier molecular flexibility index (Phi) is 5.37. The molecule has 0 aliphatic carbocycles. The van der Waals surface area contributed by atoms with Gasteiger partial charge in [-0.15, -0.1) is 0 Å². The first-order valence-electron chi connectivity index (χ1n) is 7.41. The van der Waals surface area contributed by atoms with Crippen molar-refractivity contribution >= 4 is 11.8 Å². The fourth-order valence-electron chi connectivity index (χ4n) is 2.08. The maximum atomic E-state index is 14.4. The molecule has 0 amide bonds. The summed E-state index contributed by atoms with van der Waals surface area (Å²) < 4.78 is 19.4. The van der Waals surface area contributed by atoms with Crippen LogP contribution in [0.2, 0.25) is 0 Å². The third-order valence-electron chi connectivity index (χ3n) is 3.19. The van der Waals surface area contributed by atoms with Gasteiger partial charge in [-0.05, 0) is 65.5 Å². The largest absolute Gasteiger partial charge is 0.457 e. The summed E-state index contributed by atoms with van der Waals surface area (Å²) in [6.45, 7) is 11.4. The summed E-state index contributed by atoms with van der Waals surface area (Å²) in [5.74, 6) is 2.60. The van der Waals surface area contributed by atoms with Crippen molar-refractivity contribution in [3.63, 3.8) is 0 Å². The van der Waals surface area contributed by atoms with E-state index < -0.39 is 23.0 Å². The number of rotatable bonds is 2. The van der Waals surface area contributed by atoms with Gasteiger partial charge >= 0.3 is 5.97 Å². The van der Waals surface area contributed by atoms with E-state index in [4.69, 9.17) is 4.74 Å². The normalized spacial score (nSPS) is 13.6. The van der Waals surface area contributed by atoms with Gasteiger partial charge in [0.15, 0.2) is 0 Å². The minimum atomic E-state index is -2.78. The number of aryl methyl sites for hydroxylation is 3. The van der Waals surface area contributed by atoms with E-state index >= 15 is 0 Å². The van der Waals surface area contributed by atoms with Crippen molar-refractivity contribution in [2.45, 2.75) is 59.7 Å². The number of Topliss-reactive ketones (excluding diaryl/α,β-unsaturated/α-hetero) is 1. The maximum absolute atomic E-state index is 14.4. The molecule has 0 saturated carbocycles. The number of ketones is 1. The van der Waals surface area contributed by atoms with Crippen LogP contribution in [-0.4, -0.2) is 23.0 Å². The zero-order chi connectivity index (χ0) is 18.0. The smallest absolute Gasteiger partial charge is 0.353 e. The van der Waals surface area contributed by atoms with Crippen LogP contribution in [0, 0.1) is 32.6 Å². The van der Waals surface area contributed by atoms with Crippen LogP contribution in [0.3, 0.4) is 0 Å². The molecule has 23 heavy (non-hydrogen) atoms. The standard InChI is InChI=1S/C19H23FO3/c1-12-10-13(2)15(14(3)11-12)8-9-16(21)19(7,20)17(22)23-18(4,5)6/h10-11H,1-7H3. The van der Waals surface area contributed by atoms with E-state index in [0.29, 0.717) is 5.56 Å². The number of alkyl halides is 1. The molecule has 0 radical (unpaired) electrons. The van der Waals surface area contributed by atoms with E-state index in [1.54, 1.807) is 20.8 Å². The Hall–Kier alpha value is -2.15. The molecule has 0 aliphatic rings. The summed E-state index contributed by atoms with van der Waals surface area (Å²) in [7, 11) is 0. The van der Waals surface area contributed by atoms with Crippen molar-refractivity contribution in [3.8, 4) is 11.8 Å². The number of ether oxygens (including phenoxy) is 1. The minimum Gasteiger partial charge on any atom is -0.457 e. The maximum Gasteiger partial charge on any atom is 0.353 e. The van der Waals surface area contributed by atoms with Crippen molar-refractivity contribution in [1.82, 2.24) is 0 Å². The summed E-state index contributed by atoms with van der Waals surface area (Å²) in [6, 6.07) is 3.87. The molecule has 0 heterocycles. The highest BCUT2D eigenvalue weighted by molar-refractivity contribution is 6.15. The molecule has 0 spiro atoms. The highest BCUT2D eigenvalue weighted by Gasteiger charge is 2.44. The van der Waals surface area contributed by atoms with Crippen molar-refractivity contribution in [2.75, 3.05) is 0 Å². The fourth-order valence-corrected chi connectivity index (χ4v) is 2.08. The van der Waals surface area contributed by atoms with E-state index in [2.05, 4.69) is 11.8 Å². The molecule has 124 valence electrons. The first kappa shape index (κ1) is 18.9. The third kappa shape index (κ3) is 4.92. The van der Waals surface area contributed by atoms with E-state index in [-0.39, 0.29) is 0 Å². The number of carbonyl (C=O) groups excluding carboxylic acids is 2. The molecule has 0 bridgehead atoms. The Balaban J connectivity index is 3.07. The quantitative estimate of drug-likeness (QED) is 0.475. The van der Waals surface area contributed by atoms with Gasteiger partial charge in [0.05, 0.1) is 0 Å². The zero-order valence-electron chi connectivity index (χ0n) is 14.8. The molecule has 1 atom stereocenters. The molecule has 3 nitrogen and oxygen atoms in total. The summed E-state index contributed by atoms with van der Waals surface area (Å²) in [6.07, 6.45) is 0. The molecule has 1 rings (SSSR count). The van der Waals surface area contributed by atoms with Crippen LogP contribution in [0.1, 0.15) is 49.9 Å². The lowest BCUT2D eigenvalue weighted by Crippen LogP contribution is -2.43. The lowest BCUT2D eigenvalue weighted by molar-refractivity contribution is -0.169. The fraction of sp³-hybridized carbons (Fsp3) is 0.474. The number of carbonyl (C=O) groups is 2. The SMILES string of the molecule is Cc1cc(C)c(C#CC(=O)C(C)(F)C(=O)OC(C)(C)C)c(C)c1. The first-order chi connectivity index (χ1) is 10.3. The van der Waals surface area contributed by atoms with Crippen LogP contribution in [0.4, 0.5) is 4.39 Å². The first-order valence-corrected chi connectivity index (χ1v) is 7.41. The van der Waals surface area contributed by atoms with Gasteiger partial charge in [-0.2, -0.15) is 0 Å². The van der Waals surface area contributed by atoms with Gasteiger partial charge in [0.2, 0.25) is 0 Å². The lowest BCUT2D eigenvalue weighted by atomic mass is 9.98. The van der Waals surface area contributed by atoms with Gasteiger partial charge in [-0.3, -0.25) is 4.79 Å². The monoisotopic (exact) mass is 318 g/mol. The second kappa shape index (κ2) is 6.54. The average Bonchev–Trinajstić information content (AvgIpc) is 2.34. The summed E-state index contributed by atoms with van der Waals surface area (Å²) in [5, 5.41) is 0. The summed E-state index contributed by atoms with van der Waals surface area (Å²) in [5.41, 5.74) is -0.0964. The molecule has 0 saturated heterocycles. The number of hydrogen-bond acceptors (Lipinski definition) is 3. The Bertz CT molecular complexity index is 675. The Labute approximate surface area is 137 Å². The number of hydrogen-bond donors (Lipinski definition) is 0. The van der Waals surface area contributed by atoms with Gasteiger partial charge in [0.1, 0.15) is 5.60 Å². The lowest BCUT2D eigenvalue weighted by Gasteiger charge is -2.23. The molecule has 0 N–H and O–H groups in total. The highest BCUT2D eigenvalue weighted by Crippen LogP contribution is 2.19. The molecule has 0 fully saturated rings. The van der Waals surface area contributed by atoms with Crippen LogP contribution in [0.15, 0.2) is 12.1 Å². The summed E-state index contributed by atoms with van der Waals surface area (Å²) in [4.78, 5) is 23.8. The molecule has 0 aliphatic heterocycles. The zero-order valence-corrected chi connectivity index (χ0v) is 14.8. The second-order valence-corrected chi connectivity index (χ2v) is 6.86. The van der Waals surface area contributed by atoms with Gasteiger partial charge in [-0.25, -0.2) is 9.18 Å². The average molecular weight is 318 g/mol. The van der Waals surface area contributed by atoms with Crippen LogP contribution < -0.4 is 0 Å². The molecule has 4 heteroatoms. The molecule has 1 unspecified atom stereocenters. The van der Waals surface area contributed by atoms with Gasteiger partial charge in [-0.1, -0.05) is 23.6 Å². The Morgan fingerprint density at radius 3 is 1.96 bits per heavy atom. The van der Waals surface area contributed by atoms with E-state index in [1.807, 2.05) is 32.9 Å². The second-order valence-electron chi connectivity index (χ2n) is 6.86. The van der Waals surface area contributed by atoms with Gasteiger partial charge in [0.25, 0.3) is 11.5 Å². The van der Waals surface area contributed by atoms with E-state index in [9.17, 15) is 14.0 Å².